The van der Waals surface area contributed by atoms with Crippen LogP contribution in [0.25, 0.3) is 0 Å². The number of hydrogen-bond acceptors (Lipinski definition) is 1. The van der Waals surface area contributed by atoms with Crippen molar-refractivity contribution in [2.45, 2.75) is 38.6 Å². The van der Waals surface area contributed by atoms with E-state index in [9.17, 15) is 4.79 Å². The summed E-state index contributed by atoms with van der Waals surface area (Å²) in [5, 5.41) is 0. The first kappa shape index (κ1) is 10.0. The summed E-state index contributed by atoms with van der Waals surface area (Å²) in [6.07, 6.45) is 9.11. The molecule has 1 aromatic rings. The van der Waals surface area contributed by atoms with Crippen molar-refractivity contribution in [1.29, 1.82) is 0 Å². The lowest BCUT2D eigenvalue weighted by Crippen LogP contribution is -2.06. The molecule has 13 heavy (non-hydrogen) atoms. The van der Waals surface area contributed by atoms with E-state index in [-0.39, 0.29) is 0 Å². The summed E-state index contributed by atoms with van der Waals surface area (Å²) in [5.74, 6) is 0. The van der Waals surface area contributed by atoms with Crippen molar-refractivity contribution in [1.82, 2.24) is 4.57 Å². The van der Waals surface area contributed by atoms with Crippen molar-refractivity contribution in [3.8, 4) is 0 Å². The van der Waals surface area contributed by atoms with Gasteiger partial charge in [-0.2, -0.15) is 0 Å². The average molecular weight is 179 g/mol. The zero-order valence-corrected chi connectivity index (χ0v) is 8.15. The van der Waals surface area contributed by atoms with Gasteiger partial charge in [-0.3, -0.25) is 0 Å². The summed E-state index contributed by atoms with van der Waals surface area (Å²) >= 11 is 0. The number of aldehydes is 1. The molecule has 0 aliphatic carbocycles. The summed E-state index contributed by atoms with van der Waals surface area (Å²) in [6.45, 7) is 2.18. The van der Waals surface area contributed by atoms with E-state index < -0.39 is 0 Å². The Morgan fingerprint density at radius 1 is 1.31 bits per heavy atom. The quantitative estimate of drug-likeness (QED) is 0.615. The van der Waals surface area contributed by atoms with Crippen molar-refractivity contribution < 1.29 is 4.79 Å². The molecule has 72 valence electrons. The van der Waals surface area contributed by atoms with E-state index in [4.69, 9.17) is 0 Å². The maximum absolute atomic E-state index is 10.3. The minimum Gasteiger partial charge on any atom is -0.351 e. The summed E-state index contributed by atoms with van der Waals surface area (Å²) in [4.78, 5) is 10.3. The van der Waals surface area contributed by atoms with E-state index in [1.54, 1.807) is 0 Å². The molecule has 1 heterocycles. The molecule has 0 saturated heterocycles. The van der Waals surface area contributed by atoms with Gasteiger partial charge in [0.1, 0.15) is 6.29 Å². The van der Waals surface area contributed by atoms with Gasteiger partial charge in [-0.15, -0.1) is 0 Å². The fourth-order valence-electron chi connectivity index (χ4n) is 1.63. The summed E-state index contributed by atoms with van der Waals surface area (Å²) < 4.78 is 2.20. The summed E-state index contributed by atoms with van der Waals surface area (Å²) in [7, 11) is 0. The zero-order valence-electron chi connectivity index (χ0n) is 8.15. The van der Waals surface area contributed by atoms with E-state index >= 15 is 0 Å². The summed E-state index contributed by atoms with van der Waals surface area (Å²) in [6, 6.07) is 4.57. The Morgan fingerprint density at radius 2 is 2.00 bits per heavy atom. The number of aromatic nitrogens is 1. The highest BCUT2D eigenvalue weighted by Crippen LogP contribution is 2.19. The third kappa shape index (κ3) is 3.05. The van der Waals surface area contributed by atoms with Crippen LogP contribution in [0.15, 0.2) is 24.5 Å². The van der Waals surface area contributed by atoms with Crippen molar-refractivity contribution in [3.05, 3.63) is 24.5 Å². The van der Waals surface area contributed by atoms with E-state index in [0.717, 1.165) is 19.1 Å². The van der Waals surface area contributed by atoms with Gasteiger partial charge in [0.25, 0.3) is 0 Å². The monoisotopic (exact) mass is 179 g/mol. The van der Waals surface area contributed by atoms with Crippen molar-refractivity contribution >= 4 is 6.29 Å². The molecule has 0 aliphatic heterocycles. The maximum Gasteiger partial charge on any atom is 0.120 e. The second kappa shape index (κ2) is 5.57. The molecule has 1 aromatic heterocycles. The third-order valence-corrected chi connectivity index (χ3v) is 2.29. The predicted molar refractivity (Wildman–Crippen MR) is 53.7 cm³/mol. The number of hydrogen-bond donors (Lipinski definition) is 0. The predicted octanol–water partition coefficient (Wildman–Crippen LogP) is 2.81. The van der Waals surface area contributed by atoms with Gasteiger partial charge in [0, 0.05) is 24.9 Å². The second-order valence-electron chi connectivity index (χ2n) is 3.32. The molecule has 0 N–H and O–H groups in total. The van der Waals surface area contributed by atoms with Crippen LogP contribution >= 0.6 is 0 Å². The molecule has 0 fully saturated rings. The van der Waals surface area contributed by atoms with Gasteiger partial charge in [-0.05, 0) is 25.0 Å². The van der Waals surface area contributed by atoms with Crippen molar-refractivity contribution in [2.75, 3.05) is 0 Å². The topological polar surface area (TPSA) is 22.0 Å². The zero-order chi connectivity index (χ0) is 9.52. The SMILES string of the molecule is CCC[C@@H](CCC=O)n1cccc1. The van der Waals surface area contributed by atoms with Crippen molar-refractivity contribution in [2.24, 2.45) is 0 Å². The van der Waals surface area contributed by atoms with E-state index in [1.807, 2.05) is 12.1 Å². The highest BCUT2D eigenvalue weighted by atomic mass is 16.1. The minimum absolute atomic E-state index is 0.505. The minimum atomic E-state index is 0.505. The van der Waals surface area contributed by atoms with Gasteiger partial charge >= 0.3 is 0 Å². The van der Waals surface area contributed by atoms with E-state index in [1.165, 1.54) is 6.42 Å². The van der Waals surface area contributed by atoms with Gasteiger partial charge in [0.05, 0.1) is 0 Å². The van der Waals surface area contributed by atoms with Gasteiger partial charge in [-0.25, -0.2) is 0 Å². The Kier molecular flexibility index (Phi) is 4.30. The van der Waals surface area contributed by atoms with Crippen LogP contribution in [0.1, 0.15) is 38.6 Å². The van der Waals surface area contributed by atoms with Crippen LogP contribution in [0.2, 0.25) is 0 Å². The Bertz CT molecular complexity index is 228. The number of carbonyl (C=O) groups excluding carboxylic acids is 1. The lowest BCUT2D eigenvalue weighted by Gasteiger charge is -2.16. The average Bonchev–Trinajstić information content (AvgIpc) is 2.65. The summed E-state index contributed by atoms with van der Waals surface area (Å²) in [5.41, 5.74) is 0. The van der Waals surface area contributed by atoms with Gasteiger partial charge in [0.2, 0.25) is 0 Å². The molecule has 1 rings (SSSR count). The number of rotatable bonds is 6. The molecular weight excluding hydrogens is 162 g/mol. The van der Waals surface area contributed by atoms with E-state index in [0.29, 0.717) is 12.5 Å². The highest BCUT2D eigenvalue weighted by Gasteiger charge is 2.07. The Labute approximate surface area is 79.6 Å². The first-order valence-corrected chi connectivity index (χ1v) is 4.94. The van der Waals surface area contributed by atoms with Crippen molar-refractivity contribution in [3.63, 3.8) is 0 Å². The van der Waals surface area contributed by atoms with Crippen LogP contribution < -0.4 is 0 Å². The largest absolute Gasteiger partial charge is 0.351 e. The molecule has 0 radical (unpaired) electrons. The lowest BCUT2D eigenvalue weighted by molar-refractivity contribution is -0.108. The molecular formula is C11H17NO. The van der Waals surface area contributed by atoms with Crippen LogP contribution in [-0.2, 0) is 4.79 Å². The normalized spacial score (nSPS) is 12.7. The fraction of sp³-hybridized carbons (Fsp3) is 0.545. The van der Waals surface area contributed by atoms with Crippen LogP contribution in [-0.4, -0.2) is 10.9 Å². The molecule has 1 atom stereocenters. The van der Waals surface area contributed by atoms with Crippen LogP contribution in [0.4, 0.5) is 0 Å². The maximum atomic E-state index is 10.3. The van der Waals surface area contributed by atoms with E-state index in [2.05, 4.69) is 23.9 Å². The Hall–Kier alpha value is -1.05. The Balaban J connectivity index is 2.51. The molecule has 2 nitrogen and oxygen atoms in total. The van der Waals surface area contributed by atoms with Crippen LogP contribution in [0.5, 0.6) is 0 Å². The van der Waals surface area contributed by atoms with Gasteiger partial charge < -0.3 is 9.36 Å². The number of carbonyl (C=O) groups is 1. The fourth-order valence-corrected chi connectivity index (χ4v) is 1.63. The standard InChI is InChI=1S/C11H17NO/c1-2-6-11(7-5-10-13)12-8-3-4-9-12/h3-4,8-11H,2,5-7H2,1H3/t11-/m0/s1. The van der Waals surface area contributed by atoms with Crippen LogP contribution in [0.3, 0.4) is 0 Å². The molecule has 0 aromatic carbocycles. The third-order valence-electron chi connectivity index (χ3n) is 2.29. The molecule has 0 unspecified atom stereocenters. The molecule has 0 bridgehead atoms. The highest BCUT2D eigenvalue weighted by molar-refractivity contribution is 5.49. The molecule has 0 aliphatic rings. The lowest BCUT2D eigenvalue weighted by atomic mass is 10.1. The van der Waals surface area contributed by atoms with Gasteiger partial charge in [-0.1, -0.05) is 13.3 Å². The van der Waals surface area contributed by atoms with Gasteiger partial charge in [0.15, 0.2) is 0 Å². The molecule has 0 spiro atoms. The second-order valence-corrected chi connectivity index (χ2v) is 3.32. The van der Waals surface area contributed by atoms with Crippen LogP contribution in [0, 0.1) is 0 Å². The Morgan fingerprint density at radius 3 is 2.54 bits per heavy atom. The number of nitrogens with zero attached hydrogens (tertiary/aromatic N) is 1. The molecule has 2 heteroatoms. The first-order chi connectivity index (χ1) is 6.38. The first-order valence-electron chi connectivity index (χ1n) is 4.94. The smallest absolute Gasteiger partial charge is 0.120 e. The molecule has 0 amide bonds. The molecule has 0 saturated carbocycles.